The zero-order valence-electron chi connectivity index (χ0n) is 43.3. The van der Waals surface area contributed by atoms with Gasteiger partial charge < -0.3 is 9.47 Å². The summed E-state index contributed by atoms with van der Waals surface area (Å²) in [4.78, 5) is 2.81. The van der Waals surface area contributed by atoms with Crippen molar-refractivity contribution in [1.29, 1.82) is 0 Å². The Labute approximate surface area is 439 Å². The lowest BCUT2D eigenvalue weighted by atomic mass is 9.99. The quantitative estimate of drug-likeness (QED) is 0.0343. The molecule has 2 heterocycles. The summed E-state index contributed by atoms with van der Waals surface area (Å²) >= 11 is 0. The van der Waals surface area contributed by atoms with E-state index in [0.29, 0.717) is 32.8 Å². The minimum absolute atomic E-state index is 0.666. The largest absolute Gasteiger partial charge is 0.535 e. The molecular formula is C64H70FO5PS2. The molecule has 0 aliphatic carbocycles. The van der Waals surface area contributed by atoms with E-state index < -0.39 is 29.4 Å². The second-order valence-electron chi connectivity index (χ2n) is 18.4. The van der Waals surface area contributed by atoms with E-state index in [1.54, 1.807) is 0 Å². The number of benzene rings is 6. The second kappa shape index (κ2) is 26.1. The molecule has 2 unspecified atom stereocenters. The van der Waals surface area contributed by atoms with E-state index in [0.717, 1.165) is 120 Å². The van der Waals surface area contributed by atoms with Crippen molar-refractivity contribution in [2.24, 2.45) is 0 Å². The van der Waals surface area contributed by atoms with Crippen molar-refractivity contribution >= 4 is 60.1 Å². The van der Waals surface area contributed by atoms with Crippen molar-refractivity contribution in [2.45, 2.75) is 106 Å². The van der Waals surface area contributed by atoms with E-state index >= 15 is 8.76 Å². The average Bonchev–Trinajstić information content (AvgIpc) is 3.43. The van der Waals surface area contributed by atoms with Gasteiger partial charge in [0.2, 0.25) is 0 Å². The minimum Gasteiger partial charge on any atom is -0.494 e. The molecule has 0 saturated carbocycles. The fourth-order valence-corrected chi connectivity index (χ4v) is 14.6. The summed E-state index contributed by atoms with van der Waals surface area (Å²) < 4.78 is 58.7. The third-order valence-electron chi connectivity index (χ3n) is 13.3. The highest BCUT2D eigenvalue weighted by Crippen LogP contribution is 2.65. The number of ether oxygens (including phenoxy) is 2. The van der Waals surface area contributed by atoms with Gasteiger partial charge >= 0.3 is 7.91 Å². The number of allylic oxidation sites excluding steroid dienone is 6. The van der Waals surface area contributed by atoms with Gasteiger partial charge in [0.15, 0.2) is 0 Å². The predicted octanol–water partition coefficient (Wildman–Crippen LogP) is 18.6. The molecule has 0 bridgehead atoms. The van der Waals surface area contributed by atoms with Gasteiger partial charge in [-0.05, 0) is 175 Å². The van der Waals surface area contributed by atoms with Gasteiger partial charge in [-0.15, -0.1) is 4.20 Å². The number of hydrogen-bond acceptors (Lipinski definition) is 5. The van der Waals surface area contributed by atoms with E-state index in [1.807, 2.05) is 24.3 Å². The summed E-state index contributed by atoms with van der Waals surface area (Å²) in [5, 5.41) is 0. The van der Waals surface area contributed by atoms with Crippen LogP contribution in [0.5, 0.6) is 11.5 Å². The first kappa shape index (κ1) is 53.7. The molecule has 380 valence electrons. The molecule has 0 aromatic heterocycles. The molecule has 0 radical (unpaired) electrons. The smallest absolute Gasteiger partial charge is 0.494 e. The number of aryl methyl sites for hydroxylation is 4. The van der Waals surface area contributed by atoms with Gasteiger partial charge in [-0.2, -0.15) is 0 Å². The van der Waals surface area contributed by atoms with Gasteiger partial charge in [0, 0.05) is 19.5 Å². The van der Waals surface area contributed by atoms with Crippen LogP contribution in [0.4, 0.5) is 4.20 Å². The summed E-state index contributed by atoms with van der Waals surface area (Å²) in [5.41, 5.74) is 11.8. The van der Waals surface area contributed by atoms with Crippen LogP contribution in [0.1, 0.15) is 136 Å². The van der Waals surface area contributed by atoms with Gasteiger partial charge in [-0.3, -0.25) is 0 Å². The van der Waals surface area contributed by atoms with Crippen molar-refractivity contribution in [3.63, 3.8) is 0 Å². The van der Waals surface area contributed by atoms with Crippen LogP contribution in [0.25, 0.3) is 21.0 Å². The summed E-state index contributed by atoms with van der Waals surface area (Å²) in [5.74, 6) is 1.62. The zero-order valence-corrected chi connectivity index (χ0v) is 45.9. The number of halogens is 1. The molecule has 8 rings (SSSR count). The van der Waals surface area contributed by atoms with Crippen LogP contribution in [0, 0.1) is 0 Å². The molecule has 6 aromatic carbocycles. The highest BCUT2D eigenvalue weighted by molar-refractivity contribution is 8.24. The molecular weight excluding hydrogens is 963 g/mol. The van der Waals surface area contributed by atoms with Crippen LogP contribution in [0.15, 0.2) is 170 Å². The first-order chi connectivity index (χ1) is 35.6. The summed E-state index contributed by atoms with van der Waals surface area (Å²) in [6, 6.07) is 49.5. The summed E-state index contributed by atoms with van der Waals surface area (Å²) in [6.07, 6.45) is 18.2. The first-order valence-electron chi connectivity index (χ1n) is 26.2. The van der Waals surface area contributed by atoms with E-state index in [-0.39, 0.29) is 0 Å². The third-order valence-corrected chi connectivity index (χ3v) is 18.9. The van der Waals surface area contributed by atoms with Gasteiger partial charge in [0.25, 0.3) is 0 Å². The van der Waals surface area contributed by atoms with E-state index in [1.165, 1.54) is 22.3 Å². The van der Waals surface area contributed by atoms with E-state index in [4.69, 9.17) is 17.4 Å². The highest BCUT2D eigenvalue weighted by atomic mass is 32.2. The average molecular weight is 1030 g/mol. The van der Waals surface area contributed by atoms with Crippen molar-refractivity contribution in [3.8, 4) is 11.5 Å². The maximum Gasteiger partial charge on any atom is 0.535 e. The van der Waals surface area contributed by atoms with E-state index in [2.05, 4.69) is 187 Å². The van der Waals surface area contributed by atoms with Crippen LogP contribution in [-0.2, 0) is 38.2 Å². The summed E-state index contributed by atoms with van der Waals surface area (Å²) in [7, 11) is -8.48. The van der Waals surface area contributed by atoms with Gasteiger partial charge in [0.1, 0.15) is 11.5 Å². The molecule has 0 spiro atoms. The van der Waals surface area contributed by atoms with Crippen LogP contribution < -0.4 is 9.47 Å². The fourth-order valence-electron chi connectivity index (χ4n) is 8.74. The monoisotopic (exact) mass is 1030 g/mol. The Balaban J connectivity index is 1.27. The van der Waals surface area contributed by atoms with Gasteiger partial charge in [-0.25, -0.2) is 12.5 Å². The number of hydrogen-bond donors (Lipinski definition) is 0. The second-order valence-corrected chi connectivity index (χ2v) is 23.3. The molecule has 73 heavy (non-hydrogen) atoms. The standard InChI is InChI=1S/C64H70FO5PS2/c1-7-13-15-41-67-59-37-33-51(34-38-59)57-43-61(53-25-17-47(9-3)18-26-53)72(62(44-57)54-27-19-48(10-4)20-28-54)69-71(65,66)70-73-63(55-29-21-49(11-5)22-30-55)45-58(46-64(73)56-31-23-50(12-6)24-32-56)52-35-39-60(40-36-52)68-42-16-14-8-2/h17-40,43-46H,7-16,41-42H2,1-6H3. The van der Waals surface area contributed by atoms with Gasteiger partial charge in [-0.1, -0.05) is 189 Å². The molecule has 0 fully saturated rings. The maximum atomic E-state index is 18.1. The Morgan fingerprint density at radius 3 is 0.986 bits per heavy atom. The fraction of sp³-hybridized carbons (Fsp3) is 0.281. The van der Waals surface area contributed by atoms with Crippen molar-refractivity contribution in [2.75, 3.05) is 13.2 Å². The predicted molar refractivity (Wildman–Crippen MR) is 312 cm³/mol. The van der Waals surface area contributed by atoms with Crippen LogP contribution >= 0.6 is 29.4 Å². The zero-order chi connectivity index (χ0) is 51.2. The molecule has 0 saturated heterocycles. The molecule has 5 nitrogen and oxygen atoms in total. The number of rotatable bonds is 24. The molecule has 2 aliphatic heterocycles. The lowest BCUT2D eigenvalue weighted by molar-refractivity contribution is 0.306. The molecule has 9 heteroatoms. The third kappa shape index (κ3) is 14.0. The molecule has 0 amide bonds. The molecule has 0 N–H and O–H groups in total. The SMILES string of the molecule is CCCCCOc1ccc(C2=CC(c3ccc(CC)cc3)=S(OP(=O)(F)OS3=C(c4ccc(CC)cc4)C=C(c4ccc(OCCCCC)cc4)C=C3c3ccc(CC)cc3)C(c3ccc(CC)cc3)=C2)cc1. The Bertz CT molecular complexity index is 2850. The lowest BCUT2D eigenvalue weighted by Crippen LogP contribution is -2.08. The van der Waals surface area contributed by atoms with Crippen LogP contribution in [0.3, 0.4) is 0 Å². The Morgan fingerprint density at radius 1 is 0.384 bits per heavy atom. The Kier molecular flexibility index (Phi) is 19.2. The first-order valence-corrected chi connectivity index (χ1v) is 30.0. The molecule has 2 atom stereocenters. The Morgan fingerprint density at radius 2 is 0.685 bits per heavy atom. The van der Waals surface area contributed by atoms with Crippen molar-refractivity contribution in [3.05, 3.63) is 226 Å². The molecule has 2 aliphatic rings. The van der Waals surface area contributed by atoms with Crippen LogP contribution in [-0.4, -0.2) is 22.9 Å². The summed E-state index contributed by atoms with van der Waals surface area (Å²) in [6.45, 7) is 14.2. The van der Waals surface area contributed by atoms with Crippen molar-refractivity contribution < 1.29 is 26.2 Å². The number of unbranched alkanes of at least 4 members (excludes halogenated alkanes) is 4. The Hall–Kier alpha value is -5.60. The topological polar surface area (TPSA) is 54.0 Å². The van der Waals surface area contributed by atoms with Crippen LogP contribution in [0.2, 0.25) is 0 Å². The van der Waals surface area contributed by atoms with E-state index in [9.17, 15) is 0 Å². The maximum absolute atomic E-state index is 18.1. The molecule has 6 aromatic rings. The van der Waals surface area contributed by atoms with Crippen molar-refractivity contribution in [1.82, 2.24) is 0 Å². The minimum atomic E-state index is -5.44. The lowest BCUT2D eigenvalue weighted by Gasteiger charge is -2.27. The van der Waals surface area contributed by atoms with Gasteiger partial charge in [0.05, 0.1) is 13.2 Å². The normalized spacial score (nSPS) is 16.5. The highest BCUT2D eigenvalue weighted by Gasteiger charge is 2.36.